The summed E-state index contributed by atoms with van der Waals surface area (Å²) in [5, 5.41) is 11.8. The van der Waals surface area contributed by atoms with Gasteiger partial charge in [-0.1, -0.05) is 115 Å². The number of pyridine rings is 2. The van der Waals surface area contributed by atoms with Crippen LogP contribution in [0, 0.1) is 6.92 Å². The Morgan fingerprint density at radius 2 is 1.36 bits per heavy atom. The van der Waals surface area contributed by atoms with E-state index < -0.39 is 0 Å². The molecule has 1 N–H and O–H groups in total. The van der Waals surface area contributed by atoms with E-state index >= 15 is 0 Å². The number of aromatic hydroxyl groups is 1. The summed E-state index contributed by atoms with van der Waals surface area (Å²) >= 11 is 0. The maximum Gasteiger partial charge on any atom is 0.141 e. The van der Waals surface area contributed by atoms with Gasteiger partial charge in [-0.2, -0.15) is 0 Å². The molecule has 236 valence electrons. The molecule has 47 heavy (non-hydrogen) atoms. The van der Waals surface area contributed by atoms with Crippen molar-refractivity contribution in [3.05, 3.63) is 131 Å². The first-order valence-corrected chi connectivity index (χ1v) is 16.6. The van der Waals surface area contributed by atoms with Crippen molar-refractivity contribution in [1.82, 2.24) is 9.97 Å². The van der Waals surface area contributed by atoms with Crippen LogP contribution in [0.1, 0.15) is 82.2 Å². The van der Waals surface area contributed by atoms with Gasteiger partial charge in [0.25, 0.3) is 0 Å². The SMILES string of the molecule is Cc1ccc(N2c3cc(-c4ccc(C(C)(C)C)cc4)ccc3C(C)(C)c3ccc(-c4ccc5c(C(C)C)ccc(O)c5n4)cc32)nc1. The third kappa shape index (κ3) is 5.26. The summed E-state index contributed by atoms with van der Waals surface area (Å²) in [6.07, 6.45) is 1.94. The van der Waals surface area contributed by atoms with Crippen LogP contribution in [0.15, 0.2) is 103 Å². The topological polar surface area (TPSA) is 49.2 Å². The van der Waals surface area contributed by atoms with Crippen molar-refractivity contribution in [3.63, 3.8) is 0 Å². The summed E-state index contributed by atoms with van der Waals surface area (Å²) in [7, 11) is 0. The molecule has 0 amide bonds. The lowest BCUT2D eigenvalue weighted by Crippen LogP contribution is -2.31. The van der Waals surface area contributed by atoms with Gasteiger partial charge in [0, 0.05) is 22.6 Å². The van der Waals surface area contributed by atoms with Gasteiger partial charge >= 0.3 is 0 Å². The van der Waals surface area contributed by atoms with Crippen LogP contribution in [0.4, 0.5) is 17.2 Å². The van der Waals surface area contributed by atoms with Gasteiger partial charge < -0.3 is 5.11 Å². The molecule has 4 heteroatoms. The molecule has 1 aliphatic heterocycles. The lowest BCUT2D eigenvalue weighted by Gasteiger charge is -2.42. The fraction of sp³-hybridized carbons (Fsp3) is 0.256. The molecule has 0 radical (unpaired) electrons. The van der Waals surface area contributed by atoms with E-state index in [1.165, 1.54) is 33.4 Å². The molecule has 2 aromatic heterocycles. The molecule has 1 aliphatic rings. The highest BCUT2D eigenvalue weighted by Crippen LogP contribution is 2.53. The molecule has 0 bridgehead atoms. The van der Waals surface area contributed by atoms with Crippen molar-refractivity contribution in [3.8, 4) is 28.1 Å². The second-order valence-electron chi connectivity index (χ2n) is 14.9. The van der Waals surface area contributed by atoms with Gasteiger partial charge in [-0.05, 0) is 87.5 Å². The van der Waals surface area contributed by atoms with Crippen molar-refractivity contribution in [2.24, 2.45) is 0 Å². The summed E-state index contributed by atoms with van der Waals surface area (Å²) in [4.78, 5) is 12.3. The number of rotatable bonds is 4. The third-order valence-electron chi connectivity index (χ3n) is 9.82. The highest BCUT2D eigenvalue weighted by molar-refractivity contribution is 5.92. The van der Waals surface area contributed by atoms with Crippen LogP contribution in [0.3, 0.4) is 0 Å². The largest absolute Gasteiger partial charge is 0.506 e. The van der Waals surface area contributed by atoms with Crippen molar-refractivity contribution < 1.29 is 5.11 Å². The molecule has 0 atom stereocenters. The number of aromatic nitrogens is 2. The summed E-state index contributed by atoms with van der Waals surface area (Å²) in [6.45, 7) is 17.8. The lowest BCUT2D eigenvalue weighted by atomic mass is 9.73. The van der Waals surface area contributed by atoms with Crippen LogP contribution >= 0.6 is 0 Å². The van der Waals surface area contributed by atoms with Crippen LogP contribution in [-0.2, 0) is 10.8 Å². The van der Waals surface area contributed by atoms with Crippen molar-refractivity contribution in [2.45, 2.75) is 72.1 Å². The number of fused-ring (bicyclic) bond motifs is 3. The number of hydrogen-bond donors (Lipinski definition) is 1. The fourth-order valence-electron chi connectivity index (χ4n) is 6.99. The van der Waals surface area contributed by atoms with E-state index in [-0.39, 0.29) is 16.6 Å². The van der Waals surface area contributed by atoms with Crippen molar-refractivity contribution >= 4 is 28.1 Å². The average Bonchev–Trinajstić information content (AvgIpc) is 3.05. The zero-order valence-corrected chi connectivity index (χ0v) is 28.7. The van der Waals surface area contributed by atoms with Gasteiger partial charge in [-0.25, -0.2) is 9.97 Å². The number of phenols is 1. The van der Waals surface area contributed by atoms with E-state index in [2.05, 4.69) is 145 Å². The Balaban J connectivity index is 1.41. The molecule has 7 rings (SSSR count). The predicted molar refractivity (Wildman–Crippen MR) is 196 cm³/mol. The molecular weight excluding hydrogens is 574 g/mol. The smallest absolute Gasteiger partial charge is 0.141 e. The summed E-state index contributed by atoms with van der Waals surface area (Å²) in [5.74, 6) is 1.40. The van der Waals surface area contributed by atoms with Crippen molar-refractivity contribution in [2.75, 3.05) is 4.90 Å². The van der Waals surface area contributed by atoms with E-state index in [0.717, 1.165) is 39.4 Å². The fourth-order valence-corrected chi connectivity index (χ4v) is 6.99. The van der Waals surface area contributed by atoms with Gasteiger partial charge in [0.05, 0.1) is 17.1 Å². The minimum atomic E-state index is -0.250. The van der Waals surface area contributed by atoms with Gasteiger partial charge in [0.2, 0.25) is 0 Å². The van der Waals surface area contributed by atoms with Crippen LogP contribution < -0.4 is 4.90 Å². The van der Waals surface area contributed by atoms with Gasteiger partial charge in [0.1, 0.15) is 17.1 Å². The Kier molecular flexibility index (Phi) is 7.24. The third-order valence-corrected chi connectivity index (χ3v) is 9.82. The van der Waals surface area contributed by atoms with Crippen LogP contribution in [0.2, 0.25) is 0 Å². The Morgan fingerprint density at radius 1 is 0.723 bits per heavy atom. The van der Waals surface area contributed by atoms with E-state index in [4.69, 9.17) is 9.97 Å². The number of nitrogens with zero attached hydrogens (tertiary/aromatic N) is 3. The molecule has 3 heterocycles. The van der Waals surface area contributed by atoms with E-state index in [0.29, 0.717) is 11.4 Å². The normalized spacial score (nSPS) is 13.9. The molecule has 0 saturated heterocycles. The maximum atomic E-state index is 10.8. The minimum Gasteiger partial charge on any atom is -0.506 e. The molecule has 0 aliphatic carbocycles. The van der Waals surface area contributed by atoms with Gasteiger partial charge in [-0.3, -0.25) is 4.90 Å². The average molecular weight is 618 g/mol. The highest BCUT2D eigenvalue weighted by atomic mass is 16.3. The first-order chi connectivity index (χ1) is 22.3. The zero-order valence-electron chi connectivity index (χ0n) is 28.7. The number of anilines is 3. The Hall–Kier alpha value is -4.96. The first kappa shape index (κ1) is 30.7. The second kappa shape index (κ2) is 11.1. The molecular formula is C43H43N3O. The number of aryl methyl sites for hydroxylation is 1. The second-order valence-corrected chi connectivity index (χ2v) is 14.9. The maximum absolute atomic E-state index is 10.8. The molecule has 0 saturated carbocycles. The molecule has 0 spiro atoms. The van der Waals surface area contributed by atoms with E-state index in [1.54, 1.807) is 6.07 Å². The monoisotopic (exact) mass is 617 g/mol. The number of hydrogen-bond acceptors (Lipinski definition) is 4. The van der Waals surface area contributed by atoms with Gasteiger partial charge in [0.15, 0.2) is 0 Å². The first-order valence-electron chi connectivity index (χ1n) is 16.6. The quantitative estimate of drug-likeness (QED) is 0.214. The molecule has 4 aromatic carbocycles. The summed E-state index contributed by atoms with van der Waals surface area (Å²) in [6, 6.07) is 34.7. The molecule has 0 fully saturated rings. The predicted octanol–water partition coefficient (Wildman–Crippen LogP) is 11.5. The minimum absolute atomic E-state index is 0.100. The Bertz CT molecular complexity index is 2140. The number of phenolic OH excluding ortho intramolecular Hbond substituents is 1. The standard InChI is InChI=1S/C43H43N3O/c1-26(2)32-17-21-39(47)41-33(32)16-20-36(45-41)30-13-19-35-38(24-30)46(40-22-9-27(3)25-44-40)37-23-29(12-18-34(37)43(35,7)8)28-10-14-31(15-11-28)42(4,5)6/h9-26,47H,1-8H3. The van der Waals surface area contributed by atoms with Gasteiger partial charge in [-0.15, -0.1) is 0 Å². The molecule has 6 aromatic rings. The zero-order chi connectivity index (χ0) is 33.2. The molecule has 0 unspecified atom stereocenters. The highest BCUT2D eigenvalue weighted by Gasteiger charge is 2.38. The van der Waals surface area contributed by atoms with Crippen LogP contribution in [0.25, 0.3) is 33.3 Å². The Labute approximate surface area is 278 Å². The summed E-state index contributed by atoms with van der Waals surface area (Å²) in [5.41, 5.74) is 13.0. The Morgan fingerprint density at radius 3 is 1.98 bits per heavy atom. The number of benzene rings is 4. The van der Waals surface area contributed by atoms with Crippen LogP contribution in [-0.4, -0.2) is 15.1 Å². The van der Waals surface area contributed by atoms with E-state index in [9.17, 15) is 5.11 Å². The lowest BCUT2D eigenvalue weighted by molar-refractivity contribution is 0.480. The molecule has 4 nitrogen and oxygen atoms in total. The van der Waals surface area contributed by atoms with Crippen LogP contribution in [0.5, 0.6) is 5.75 Å². The van der Waals surface area contributed by atoms with E-state index in [1.807, 2.05) is 12.3 Å². The van der Waals surface area contributed by atoms with Crippen molar-refractivity contribution in [1.29, 1.82) is 0 Å². The summed E-state index contributed by atoms with van der Waals surface area (Å²) < 4.78 is 0.